The smallest absolute Gasteiger partial charge is 0.339 e. The quantitative estimate of drug-likeness (QED) is 0.209. The van der Waals surface area contributed by atoms with Gasteiger partial charge in [0.2, 0.25) is 0 Å². The lowest BCUT2D eigenvalue weighted by molar-refractivity contribution is 0.529. The van der Waals surface area contributed by atoms with Crippen LogP contribution in [0.25, 0.3) is 28.0 Å². The maximum Gasteiger partial charge on any atom is 0.354 e. The molecule has 0 fully saturated rings. The minimum absolute atomic E-state index is 0.0610. The standard InChI is InChI=1S/C29H36ClFN6O/c1-17(32)5-4-6-20-13-24(27(31)25(30)14-20)26-15-22-16-37(29(38)36-28(22)35-26)23-9-7-21(8-10-23)19(3)34-12-11-18(2)33/h7-10,13-19,34H,4-6,11-12,32-33H2,1-3H3,(H,35,36,38)/t17-,18+,19-/m0/s1. The number of H-pyrrole nitrogens is 1. The van der Waals surface area contributed by atoms with Crippen LogP contribution in [0, 0.1) is 5.82 Å². The van der Waals surface area contributed by atoms with Crippen molar-refractivity contribution in [3.05, 3.63) is 81.1 Å². The van der Waals surface area contributed by atoms with Gasteiger partial charge in [0.25, 0.3) is 0 Å². The van der Waals surface area contributed by atoms with Gasteiger partial charge < -0.3 is 21.8 Å². The second-order valence-electron chi connectivity index (χ2n) is 10.2. The van der Waals surface area contributed by atoms with Crippen LogP contribution in [0.15, 0.2) is 53.5 Å². The number of nitrogens with two attached hydrogens (primary N) is 2. The van der Waals surface area contributed by atoms with Crippen molar-refractivity contribution in [3.63, 3.8) is 0 Å². The topological polar surface area (TPSA) is 115 Å². The largest absolute Gasteiger partial charge is 0.354 e. The average Bonchev–Trinajstić information content (AvgIpc) is 3.27. The van der Waals surface area contributed by atoms with Crippen LogP contribution in [0.5, 0.6) is 0 Å². The van der Waals surface area contributed by atoms with Gasteiger partial charge in [-0.05, 0) is 94.5 Å². The van der Waals surface area contributed by atoms with Crippen LogP contribution in [0.4, 0.5) is 4.39 Å². The van der Waals surface area contributed by atoms with E-state index in [1.807, 2.05) is 38.1 Å². The molecule has 4 aromatic rings. The molecule has 4 rings (SSSR count). The molecule has 0 radical (unpaired) electrons. The van der Waals surface area contributed by atoms with Crippen LogP contribution in [0.3, 0.4) is 0 Å². The number of halogens is 2. The Morgan fingerprint density at radius 2 is 1.79 bits per heavy atom. The Kier molecular flexibility index (Phi) is 8.99. The molecule has 9 heteroatoms. The minimum Gasteiger partial charge on any atom is -0.339 e. The normalized spacial score (nSPS) is 14.1. The summed E-state index contributed by atoms with van der Waals surface area (Å²) in [6, 6.07) is 13.4. The Morgan fingerprint density at radius 1 is 1.08 bits per heavy atom. The van der Waals surface area contributed by atoms with Gasteiger partial charge in [-0.2, -0.15) is 4.98 Å². The monoisotopic (exact) mass is 538 g/mol. The Labute approximate surface area is 227 Å². The SMILES string of the molecule is C[C@H](N)CCCc1cc(Cl)c(F)c(-c2cc3cn(-c4ccc([C@H](C)NCC[C@@H](C)N)cc4)c(=O)nc3[nH]2)c1. The van der Waals surface area contributed by atoms with Crippen molar-refractivity contribution in [2.75, 3.05) is 6.54 Å². The summed E-state index contributed by atoms with van der Waals surface area (Å²) in [6.07, 6.45) is 5.12. The third-order valence-electron chi connectivity index (χ3n) is 6.73. The van der Waals surface area contributed by atoms with E-state index in [4.69, 9.17) is 23.1 Å². The van der Waals surface area contributed by atoms with Gasteiger partial charge in [0.1, 0.15) is 5.65 Å². The number of hydrogen-bond donors (Lipinski definition) is 4. The molecule has 7 nitrogen and oxygen atoms in total. The molecule has 0 unspecified atom stereocenters. The highest BCUT2D eigenvalue weighted by Crippen LogP contribution is 2.31. The molecule has 0 amide bonds. The van der Waals surface area contributed by atoms with Gasteiger partial charge in [0, 0.05) is 35.3 Å². The number of hydrogen-bond acceptors (Lipinski definition) is 5. The van der Waals surface area contributed by atoms with E-state index in [2.05, 4.69) is 22.2 Å². The van der Waals surface area contributed by atoms with E-state index >= 15 is 4.39 Å². The Morgan fingerprint density at radius 3 is 2.47 bits per heavy atom. The van der Waals surface area contributed by atoms with Gasteiger partial charge in [-0.15, -0.1) is 0 Å². The van der Waals surface area contributed by atoms with E-state index in [1.165, 1.54) is 4.57 Å². The van der Waals surface area contributed by atoms with Crippen molar-refractivity contribution in [3.8, 4) is 16.9 Å². The summed E-state index contributed by atoms with van der Waals surface area (Å²) in [5.41, 5.74) is 15.2. The lowest BCUT2D eigenvalue weighted by Gasteiger charge is -2.16. The molecule has 2 heterocycles. The molecule has 0 aliphatic carbocycles. The minimum atomic E-state index is -0.511. The molecule has 0 aliphatic rings. The fourth-order valence-corrected chi connectivity index (χ4v) is 4.75. The highest BCUT2D eigenvalue weighted by atomic mass is 35.5. The van der Waals surface area contributed by atoms with E-state index < -0.39 is 11.5 Å². The summed E-state index contributed by atoms with van der Waals surface area (Å²) in [5.74, 6) is -0.511. The maximum atomic E-state index is 15.0. The number of aromatic nitrogens is 3. The van der Waals surface area contributed by atoms with E-state index in [0.29, 0.717) is 28.0 Å². The Balaban J connectivity index is 1.59. The molecule has 38 heavy (non-hydrogen) atoms. The number of fused-ring (bicyclic) bond motifs is 1. The lowest BCUT2D eigenvalue weighted by atomic mass is 10.0. The molecular weight excluding hydrogens is 503 g/mol. The predicted octanol–water partition coefficient (Wildman–Crippen LogP) is 5.23. The number of nitrogens with one attached hydrogen (secondary N) is 2. The van der Waals surface area contributed by atoms with E-state index in [9.17, 15) is 4.79 Å². The Hall–Kier alpha value is -3.04. The van der Waals surface area contributed by atoms with Gasteiger partial charge in [-0.3, -0.25) is 4.57 Å². The van der Waals surface area contributed by atoms with Crippen LogP contribution >= 0.6 is 11.6 Å². The molecule has 6 N–H and O–H groups in total. The van der Waals surface area contributed by atoms with Crippen LogP contribution in [0.1, 0.15) is 57.2 Å². The highest BCUT2D eigenvalue weighted by molar-refractivity contribution is 6.31. The predicted molar refractivity (Wildman–Crippen MR) is 153 cm³/mol. The van der Waals surface area contributed by atoms with E-state index in [0.717, 1.165) is 43.4 Å². The van der Waals surface area contributed by atoms with Gasteiger partial charge >= 0.3 is 5.69 Å². The van der Waals surface area contributed by atoms with Crippen molar-refractivity contribution in [2.24, 2.45) is 11.5 Å². The maximum absolute atomic E-state index is 15.0. The third kappa shape index (κ3) is 6.69. The van der Waals surface area contributed by atoms with Crippen molar-refractivity contribution in [1.82, 2.24) is 19.9 Å². The van der Waals surface area contributed by atoms with Gasteiger partial charge in [-0.1, -0.05) is 23.7 Å². The number of rotatable bonds is 11. The summed E-state index contributed by atoms with van der Waals surface area (Å²) in [4.78, 5) is 20.2. The van der Waals surface area contributed by atoms with Crippen LogP contribution in [-0.2, 0) is 6.42 Å². The van der Waals surface area contributed by atoms with Crippen LogP contribution < -0.4 is 22.5 Å². The zero-order valence-corrected chi connectivity index (χ0v) is 22.9. The van der Waals surface area contributed by atoms with Crippen LogP contribution in [-0.4, -0.2) is 33.2 Å². The zero-order valence-electron chi connectivity index (χ0n) is 22.1. The second kappa shape index (κ2) is 12.2. The molecule has 0 spiro atoms. The molecule has 3 atom stereocenters. The molecule has 0 aliphatic heterocycles. The lowest BCUT2D eigenvalue weighted by Crippen LogP contribution is -2.26. The first-order valence-corrected chi connectivity index (χ1v) is 13.5. The van der Waals surface area contributed by atoms with Crippen molar-refractivity contribution < 1.29 is 4.39 Å². The zero-order chi connectivity index (χ0) is 27.4. The van der Waals surface area contributed by atoms with Crippen molar-refractivity contribution in [2.45, 2.75) is 64.6 Å². The number of aryl methyl sites for hydroxylation is 1. The van der Waals surface area contributed by atoms with Crippen molar-refractivity contribution in [1.29, 1.82) is 0 Å². The molecule has 202 valence electrons. The second-order valence-corrected chi connectivity index (χ2v) is 10.6. The van der Waals surface area contributed by atoms with E-state index in [-0.39, 0.29) is 23.1 Å². The molecule has 0 bridgehead atoms. The first-order valence-electron chi connectivity index (χ1n) is 13.1. The van der Waals surface area contributed by atoms with Gasteiger partial charge in [0.05, 0.1) is 16.4 Å². The molecule has 0 saturated heterocycles. The Bertz CT molecular complexity index is 1440. The average molecular weight is 539 g/mol. The van der Waals surface area contributed by atoms with E-state index in [1.54, 1.807) is 24.4 Å². The molecular formula is C29H36ClFN6O. The number of aromatic amines is 1. The summed E-state index contributed by atoms with van der Waals surface area (Å²) in [6.45, 7) is 6.88. The number of benzene rings is 2. The summed E-state index contributed by atoms with van der Waals surface area (Å²) in [5, 5.41) is 4.21. The third-order valence-corrected chi connectivity index (χ3v) is 7.01. The van der Waals surface area contributed by atoms with Crippen molar-refractivity contribution >= 4 is 22.6 Å². The first-order chi connectivity index (χ1) is 18.1. The summed E-state index contributed by atoms with van der Waals surface area (Å²) >= 11 is 6.22. The van der Waals surface area contributed by atoms with Gasteiger partial charge in [0.15, 0.2) is 5.82 Å². The van der Waals surface area contributed by atoms with Gasteiger partial charge in [-0.25, -0.2) is 9.18 Å². The highest BCUT2D eigenvalue weighted by Gasteiger charge is 2.16. The first kappa shape index (κ1) is 28.0. The molecule has 2 aromatic carbocycles. The van der Waals surface area contributed by atoms with Crippen LogP contribution in [0.2, 0.25) is 5.02 Å². The summed E-state index contributed by atoms with van der Waals surface area (Å²) in [7, 11) is 0. The summed E-state index contributed by atoms with van der Waals surface area (Å²) < 4.78 is 16.5. The molecule has 0 saturated carbocycles. The fraction of sp³-hybridized carbons (Fsp3) is 0.379. The molecule has 2 aromatic heterocycles. The fourth-order valence-electron chi connectivity index (χ4n) is 4.51. The number of nitrogens with zero attached hydrogens (tertiary/aromatic N) is 2.